The van der Waals surface area contributed by atoms with Crippen molar-refractivity contribution >= 4 is 15.9 Å². The Bertz CT molecular complexity index is 257. The van der Waals surface area contributed by atoms with E-state index in [1.54, 1.807) is 6.33 Å². The van der Waals surface area contributed by atoms with Crippen LogP contribution in [0.15, 0.2) is 11.1 Å². The zero-order valence-corrected chi connectivity index (χ0v) is 8.20. The molecule has 0 atom stereocenters. The molecule has 0 radical (unpaired) electrons. The van der Waals surface area contributed by atoms with Gasteiger partial charge in [0.05, 0.1) is 6.04 Å². The normalized spacial score (nSPS) is 19.8. The Hall–Kier alpha value is -0.420. The maximum atomic E-state index is 5.25. The Kier molecular flexibility index (Phi) is 2.41. The summed E-state index contributed by atoms with van der Waals surface area (Å²) in [6.07, 6.45) is 3.84. The standard InChI is InChI=1S/C7H10BrN3O/c8-7-9-5-11(10-7)6-1-3-12-4-2-6/h5-6H,1-4H2. The average Bonchev–Trinajstić information content (AvgIpc) is 2.54. The summed E-state index contributed by atoms with van der Waals surface area (Å²) < 4.78 is 7.83. The van der Waals surface area contributed by atoms with Crippen molar-refractivity contribution < 1.29 is 4.74 Å². The first kappa shape index (κ1) is 8.19. The van der Waals surface area contributed by atoms with Crippen molar-refractivity contribution in [1.29, 1.82) is 0 Å². The van der Waals surface area contributed by atoms with Gasteiger partial charge in [0.15, 0.2) is 0 Å². The van der Waals surface area contributed by atoms with Crippen LogP contribution in [0.3, 0.4) is 0 Å². The molecule has 1 aromatic rings. The number of aromatic nitrogens is 3. The molecule has 12 heavy (non-hydrogen) atoms. The van der Waals surface area contributed by atoms with Gasteiger partial charge >= 0.3 is 0 Å². The monoisotopic (exact) mass is 231 g/mol. The lowest BCUT2D eigenvalue weighted by Crippen LogP contribution is -2.19. The van der Waals surface area contributed by atoms with Gasteiger partial charge in [0.25, 0.3) is 0 Å². The Morgan fingerprint density at radius 1 is 1.50 bits per heavy atom. The Labute approximate surface area is 79.1 Å². The van der Waals surface area contributed by atoms with Crippen molar-refractivity contribution in [2.24, 2.45) is 0 Å². The molecule has 1 fully saturated rings. The molecule has 1 aliphatic heterocycles. The first-order valence-corrected chi connectivity index (χ1v) is 4.80. The summed E-state index contributed by atoms with van der Waals surface area (Å²) in [5, 5.41) is 4.20. The van der Waals surface area contributed by atoms with Gasteiger partial charge in [0.1, 0.15) is 6.33 Å². The van der Waals surface area contributed by atoms with Gasteiger partial charge in [0, 0.05) is 13.2 Å². The molecule has 0 bridgehead atoms. The van der Waals surface area contributed by atoms with Crippen molar-refractivity contribution in [3.8, 4) is 0 Å². The van der Waals surface area contributed by atoms with E-state index in [1.807, 2.05) is 4.68 Å². The number of halogens is 1. The van der Waals surface area contributed by atoms with E-state index in [-0.39, 0.29) is 0 Å². The van der Waals surface area contributed by atoms with Crippen LogP contribution in [0.5, 0.6) is 0 Å². The summed E-state index contributed by atoms with van der Waals surface area (Å²) in [7, 11) is 0. The molecular weight excluding hydrogens is 222 g/mol. The Morgan fingerprint density at radius 3 is 2.83 bits per heavy atom. The highest BCUT2D eigenvalue weighted by Gasteiger charge is 2.16. The van der Waals surface area contributed by atoms with Gasteiger partial charge in [-0.2, -0.15) is 0 Å². The second kappa shape index (κ2) is 3.53. The molecular formula is C7H10BrN3O. The molecule has 0 unspecified atom stereocenters. The molecule has 1 aliphatic rings. The van der Waals surface area contributed by atoms with Crippen molar-refractivity contribution in [1.82, 2.24) is 14.8 Å². The van der Waals surface area contributed by atoms with Crippen LogP contribution in [0.4, 0.5) is 0 Å². The lowest BCUT2D eigenvalue weighted by molar-refractivity contribution is 0.0661. The first-order chi connectivity index (χ1) is 5.86. The molecule has 1 saturated heterocycles. The summed E-state index contributed by atoms with van der Waals surface area (Å²) in [6, 6.07) is 0.470. The largest absolute Gasteiger partial charge is 0.381 e. The number of nitrogens with zero attached hydrogens (tertiary/aromatic N) is 3. The van der Waals surface area contributed by atoms with Crippen molar-refractivity contribution in [3.05, 3.63) is 11.1 Å². The number of hydrogen-bond donors (Lipinski definition) is 0. The fraction of sp³-hybridized carbons (Fsp3) is 0.714. The lowest BCUT2D eigenvalue weighted by Gasteiger charge is -2.21. The molecule has 66 valence electrons. The zero-order chi connectivity index (χ0) is 8.39. The zero-order valence-electron chi connectivity index (χ0n) is 6.61. The smallest absolute Gasteiger partial charge is 0.217 e. The molecule has 0 aromatic carbocycles. The quantitative estimate of drug-likeness (QED) is 0.734. The van der Waals surface area contributed by atoms with E-state index >= 15 is 0 Å². The minimum atomic E-state index is 0.470. The van der Waals surface area contributed by atoms with Gasteiger partial charge < -0.3 is 4.74 Å². The van der Waals surface area contributed by atoms with Crippen LogP contribution >= 0.6 is 15.9 Å². The van der Waals surface area contributed by atoms with Crippen LogP contribution in [0.2, 0.25) is 0 Å². The molecule has 0 spiro atoms. The van der Waals surface area contributed by atoms with E-state index in [4.69, 9.17) is 4.74 Å². The minimum Gasteiger partial charge on any atom is -0.381 e. The molecule has 1 aromatic heterocycles. The van der Waals surface area contributed by atoms with Gasteiger partial charge in [-0.3, -0.25) is 0 Å². The lowest BCUT2D eigenvalue weighted by atomic mass is 10.1. The van der Waals surface area contributed by atoms with Crippen LogP contribution in [0.1, 0.15) is 18.9 Å². The highest BCUT2D eigenvalue weighted by molar-refractivity contribution is 9.10. The van der Waals surface area contributed by atoms with Crippen molar-refractivity contribution in [2.75, 3.05) is 13.2 Å². The van der Waals surface area contributed by atoms with Gasteiger partial charge in [-0.15, -0.1) is 5.10 Å². The van der Waals surface area contributed by atoms with E-state index in [1.165, 1.54) is 0 Å². The fourth-order valence-corrected chi connectivity index (χ4v) is 1.65. The van der Waals surface area contributed by atoms with Crippen LogP contribution < -0.4 is 0 Å². The fourth-order valence-electron chi connectivity index (χ4n) is 1.38. The number of hydrogen-bond acceptors (Lipinski definition) is 3. The highest BCUT2D eigenvalue weighted by atomic mass is 79.9. The summed E-state index contributed by atoms with van der Waals surface area (Å²) >= 11 is 3.22. The first-order valence-electron chi connectivity index (χ1n) is 4.00. The molecule has 0 amide bonds. The third-order valence-electron chi connectivity index (χ3n) is 2.05. The third-order valence-corrected chi connectivity index (χ3v) is 2.41. The molecule has 0 saturated carbocycles. The average molecular weight is 232 g/mol. The van der Waals surface area contributed by atoms with Crippen LogP contribution in [-0.2, 0) is 4.74 Å². The summed E-state index contributed by atoms with van der Waals surface area (Å²) in [5.74, 6) is 0. The number of rotatable bonds is 1. The number of ether oxygens (including phenoxy) is 1. The van der Waals surface area contributed by atoms with Crippen LogP contribution in [0.25, 0.3) is 0 Å². The van der Waals surface area contributed by atoms with Gasteiger partial charge in [-0.1, -0.05) is 0 Å². The van der Waals surface area contributed by atoms with Crippen molar-refractivity contribution in [3.63, 3.8) is 0 Å². The minimum absolute atomic E-state index is 0.470. The van der Waals surface area contributed by atoms with Crippen molar-refractivity contribution in [2.45, 2.75) is 18.9 Å². The van der Waals surface area contributed by atoms with E-state index in [0.29, 0.717) is 10.8 Å². The topological polar surface area (TPSA) is 39.9 Å². The Morgan fingerprint density at radius 2 is 2.25 bits per heavy atom. The SMILES string of the molecule is Brc1ncn(C2CCOCC2)n1. The molecule has 0 N–H and O–H groups in total. The predicted octanol–water partition coefficient (Wildman–Crippen LogP) is 1.39. The van der Waals surface area contributed by atoms with E-state index in [2.05, 4.69) is 26.0 Å². The van der Waals surface area contributed by atoms with Gasteiger partial charge in [-0.05, 0) is 28.8 Å². The molecule has 2 heterocycles. The third kappa shape index (κ3) is 1.67. The summed E-state index contributed by atoms with van der Waals surface area (Å²) in [5.41, 5.74) is 0. The molecule has 2 rings (SSSR count). The molecule has 0 aliphatic carbocycles. The molecule has 4 nitrogen and oxygen atoms in total. The van der Waals surface area contributed by atoms with Gasteiger partial charge in [-0.25, -0.2) is 9.67 Å². The summed E-state index contributed by atoms with van der Waals surface area (Å²) in [6.45, 7) is 1.67. The van der Waals surface area contributed by atoms with Crippen LogP contribution in [0, 0.1) is 0 Å². The predicted molar refractivity (Wildman–Crippen MR) is 46.8 cm³/mol. The summed E-state index contributed by atoms with van der Waals surface area (Å²) in [4.78, 5) is 4.02. The van der Waals surface area contributed by atoms with E-state index < -0.39 is 0 Å². The maximum absolute atomic E-state index is 5.25. The Balaban J connectivity index is 2.08. The second-order valence-electron chi connectivity index (χ2n) is 2.84. The maximum Gasteiger partial charge on any atom is 0.217 e. The van der Waals surface area contributed by atoms with E-state index in [9.17, 15) is 0 Å². The van der Waals surface area contributed by atoms with E-state index in [0.717, 1.165) is 26.1 Å². The second-order valence-corrected chi connectivity index (χ2v) is 3.55. The molecule has 5 heteroatoms. The van der Waals surface area contributed by atoms with Crippen LogP contribution in [-0.4, -0.2) is 28.0 Å². The highest BCUT2D eigenvalue weighted by Crippen LogP contribution is 2.19. The van der Waals surface area contributed by atoms with Gasteiger partial charge in [0.2, 0.25) is 4.73 Å².